The van der Waals surface area contributed by atoms with Crippen molar-refractivity contribution in [3.8, 4) is 0 Å². The number of nitrogens with two attached hydrogens (primary N) is 1. The second kappa shape index (κ2) is 5.97. The molecule has 1 aliphatic rings. The van der Waals surface area contributed by atoms with Crippen LogP contribution in [0.4, 0.5) is 5.69 Å². The van der Waals surface area contributed by atoms with Crippen molar-refractivity contribution >= 4 is 33.5 Å². The quantitative estimate of drug-likeness (QED) is 0.624. The van der Waals surface area contributed by atoms with Crippen molar-refractivity contribution in [2.45, 2.75) is 48.7 Å². The van der Waals surface area contributed by atoms with Crippen molar-refractivity contribution < 1.29 is 12.6 Å². The summed E-state index contributed by atoms with van der Waals surface area (Å²) in [6.07, 6.45) is 1.52. The molecular formula is C14H24N2O3S2Si. The molecule has 5 nitrogen and oxygen atoms in total. The molecule has 22 heavy (non-hydrogen) atoms. The summed E-state index contributed by atoms with van der Waals surface area (Å²) in [6.45, 7) is 6.34. The van der Waals surface area contributed by atoms with Crippen LogP contribution in [0.2, 0.25) is 25.7 Å². The minimum Gasteiger partial charge on any atom is -0.399 e. The van der Waals surface area contributed by atoms with Crippen LogP contribution in [-0.4, -0.2) is 31.7 Å². The van der Waals surface area contributed by atoms with Gasteiger partial charge in [-0.2, -0.15) is 0 Å². The van der Waals surface area contributed by atoms with Crippen LogP contribution in [0, 0.1) is 0 Å². The molecule has 1 atom stereocenters. The maximum Gasteiger partial charge on any atom is 0.260 e. The van der Waals surface area contributed by atoms with Crippen LogP contribution in [-0.2, 0) is 19.8 Å². The molecule has 0 bridgehead atoms. The molecule has 0 amide bonds. The Hall–Kier alpha value is -0.863. The fourth-order valence-corrected chi connectivity index (χ4v) is 9.63. The highest BCUT2D eigenvalue weighted by Crippen LogP contribution is 2.36. The summed E-state index contributed by atoms with van der Waals surface area (Å²) in [4.78, 5) is 0.473. The van der Waals surface area contributed by atoms with Gasteiger partial charge in [0.2, 0.25) is 0 Å². The fourth-order valence-electron chi connectivity index (χ4n) is 1.99. The number of anilines is 1. The number of rotatable bonds is 6. The molecule has 1 unspecified atom stereocenters. The zero-order chi connectivity index (χ0) is 16.6. The molecule has 0 heterocycles. The monoisotopic (exact) mass is 360 g/mol. The molecule has 0 radical (unpaired) electrons. The molecule has 124 valence electrons. The molecule has 1 aliphatic carbocycles. The normalized spacial score (nSPS) is 18.7. The van der Waals surface area contributed by atoms with Crippen LogP contribution in [0.5, 0.6) is 0 Å². The van der Waals surface area contributed by atoms with Gasteiger partial charge in [-0.25, -0.2) is 12.6 Å². The van der Waals surface area contributed by atoms with Crippen LogP contribution < -0.4 is 5.73 Å². The van der Waals surface area contributed by atoms with E-state index >= 15 is 0 Å². The number of benzene rings is 1. The summed E-state index contributed by atoms with van der Waals surface area (Å²) >= 11 is 0. The second-order valence-corrected chi connectivity index (χ2v) is 17.1. The van der Waals surface area contributed by atoms with Crippen molar-refractivity contribution in [3.05, 3.63) is 24.3 Å². The van der Waals surface area contributed by atoms with Gasteiger partial charge >= 0.3 is 0 Å². The minimum atomic E-state index is -3.68. The summed E-state index contributed by atoms with van der Waals surface area (Å²) in [5.74, 6) is -0.0125. The standard InChI is InChI=1S/C14H24N2O3S2Si/c1-22(2,3)11-10-20(17,18)16-21(19,14-8-9-14)13-6-4-12(15)5-7-13/h4-7,14H,8-11,15H2,1-3H3. The van der Waals surface area contributed by atoms with Crippen molar-refractivity contribution in [2.24, 2.45) is 3.77 Å². The van der Waals surface area contributed by atoms with Gasteiger partial charge in [0.25, 0.3) is 10.0 Å². The van der Waals surface area contributed by atoms with Gasteiger partial charge in [0.15, 0.2) is 0 Å². The molecule has 2 rings (SSSR count). The van der Waals surface area contributed by atoms with E-state index in [0.717, 1.165) is 12.8 Å². The van der Waals surface area contributed by atoms with E-state index < -0.39 is 27.8 Å². The first-order valence-electron chi connectivity index (χ1n) is 7.37. The van der Waals surface area contributed by atoms with Gasteiger partial charge in [-0.1, -0.05) is 19.6 Å². The first-order chi connectivity index (χ1) is 10.0. The van der Waals surface area contributed by atoms with Crippen molar-refractivity contribution in [2.75, 3.05) is 11.5 Å². The number of hydrogen-bond donors (Lipinski definition) is 1. The summed E-state index contributed by atoms with van der Waals surface area (Å²) in [5.41, 5.74) is 6.21. The number of nitrogen functional groups attached to an aromatic ring is 1. The van der Waals surface area contributed by atoms with Crippen LogP contribution in [0.25, 0.3) is 0 Å². The Morgan fingerprint density at radius 1 is 1.14 bits per heavy atom. The van der Waals surface area contributed by atoms with Crippen molar-refractivity contribution in [1.29, 1.82) is 0 Å². The third-order valence-electron chi connectivity index (χ3n) is 3.53. The predicted molar refractivity (Wildman–Crippen MR) is 94.7 cm³/mol. The van der Waals surface area contributed by atoms with Gasteiger partial charge in [-0.15, -0.1) is 3.77 Å². The highest BCUT2D eigenvalue weighted by molar-refractivity contribution is 8.03. The largest absolute Gasteiger partial charge is 0.399 e. The number of nitrogens with zero attached hydrogens (tertiary/aromatic N) is 1. The van der Waals surface area contributed by atoms with Gasteiger partial charge in [0.05, 0.1) is 15.5 Å². The van der Waals surface area contributed by atoms with E-state index in [2.05, 4.69) is 23.4 Å². The van der Waals surface area contributed by atoms with Crippen LogP contribution >= 0.6 is 0 Å². The SMILES string of the molecule is C[Si](C)(C)CCS(=O)(=O)N=S(=O)(c1ccc(N)cc1)C1CC1. The molecule has 1 saturated carbocycles. The highest BCUT2D eigenvalue weighted by atomic mass is 32.3. The van der Waals surface area contributed by atoms with Gasteiger partial charge in [-0.3, -0.25) is 0 Å². The molecule has 0 saturated heterocycles. The Morgan fingerprint density at radius 2 is 1.68 bits per heavy atom. The third-order valence-corrected chi connectivity index (χ3v) is 10.5. The Morgan fingerprint density at radius 3 is 2.14 bits per heavy atom. The summed E-state index contributed by atoms with van der Waals surface area (Å²) < 4.78 is 41.7. The van der Waals surface area contributed by atoms with E-state index in [1.807, 2.05) is 0 Å². The van der Waals surface area contributed by atoms with E-state index in [4.69, 9.17) is 5.73 Å². The number of hydrogen-bond acceptors (Lipinski definition) is 4. The topological polar surface area (TPSA) is 89.6 Å². The van der Waals surface area contributed by atoms with Gasteiger partial charge in [0, 0.05) is 23.9 Å². The lowest BCUT2D eigenvalue weighted by Gasteiger charge is -2.15. The van der Waals surface area contributed by atoms with Crippen molar-refractivity contribution in [1.82, 2.24) is 0 Å². The smallest absolute Gasteiger partial charge is 0.260 e. The summed E-state index contributed by atoms with van der Waals surface area (Å²) in [6, 6.07) is 7.17. The average molecular weight is 361 g/mol. The minimum absolute atomic E-state index is 0.0125. The third kappa shape index (κ3) is 4.56. The molecule has 0 aliphatic heterocycles. The molecule has 0 spiro atoms. The lowest BCUT2D eigenvalue weighted by atomic mass is 10.3. The van der Waals surface area contributed by atoms with E-state index in [1.165, 1.54) is 0 Å². The molecule has 0 aromatic heterocycles. The zero-order valence-electron chi connectivity index (χ0n) is 13.3. The molecular weight excluding hydrogens is 336 g/mol. The molecule has 1 aromatic carbocycles. The summed E-state index contributed by atoms with van der Waals surface area (Å²) in [7, 11) is -8.09. The summed E-state index contributed by atoms with van der Waals surface area (Å²) in [5, 5.41) is -0.155. The molecule has 1 aromatic rings. The predicted octanol–water partition coefficient (Wildman–Crippen LogP) is 2.93. The first kappa shape index (κ1) is 17.5. The Kier molecular flexibility index (Phi) is 4.75. The van der Waals surface area contributed by atoms with Gasteiger partial charge in [0.1, 0.15) is 0 Å². The average Bonchev–Trinajstić information content (AvgIpc) is 3.20. The number of sulfonamides is 1. The van der Waals surface area contributed by atoms with Crippen LogP contribution in [0.15, 0.2) is 32.9 Å². The molecule has 2 N–H and O–H groups in total. The first-order valence-corrected chi connectivity index (χ1v) is 14.3. The van der Waals surface area contributed by atoms with Crippen molar-refractivity contribution in [3.63, 3.8) is 0 Å². The second-order valence-electron chi connectivity index (χ2n) is 7.01. The Balaban J connectivity index is 2.39. The van der Waals surface area contributed by atoms with E-state index in [0.29, 0.717) is 16.6 Å². The van der Waals surface area contributed by atoms with Crippen LogP contribution in [0.3, 0.4) is 0 Å². The van der Waals surface area contributed by atoms with Gasteiger partial charge in [-0.05, 0) is 43.2 Å². The van der Waals surface area contributed by atoms with E-state index in [-0.39, 0.29) is 11.0 Å². The maximum absolute atomic E-state index is 13.2. The lowest BCUT2D eigenvalue weighted by molar-refractivity contribution is 0.598. The lowest BCUT2D eigenvalue weighted by Crippen LogP contribution is -2.24. The zero-order valence-corrected chi connectivity index (χ0v) is 15.9. The van der Waals surface area contributed by atoms with E-state index in [9.17, 15) is 12.6 Å². The highest BCUT2D eigenvalue weighted by Gasteiger charge is 2.37. The Bertz CT molecular complexity index is 754. The molecule has 1 fully saturated rings. The van der Waals surface area contributed by atoms with Gasteiger partial charge < -0.3 is 5.73 Å². The molecule has 8 heteroatoms. The Labute approximate surface area is 134 Å². The maximum atomic E-state index is 13.2. The van der Waals surface area contributed by atoms with E-state index in [1.54, 1.807) is 24.3 Å². The fraction of sp³-hybridized carbons (Fsp3) is 0.571. The van der Waals surface area contributed by atoms with Crippen LogP contribution in [0.1, 0.15) is 12.8 Å².